The molecule has 90 valence electrons. The average Bonchev–Trinajstić information content (AvgIpc) is 2.87. The number of nitrogens with two attached hydrogens (primary N) is 1. The summed E-state index contributed by atoms with van der Waals surface area (Å²) in [4.78, 5) is 14.6. The Morgan fingerprint density at radius 3 is 3.00 bits per heavy atom. The normalized spacial score (nSPS) is 23.8. The highest BCUT2D eigenvalue weighted by Gasteiger charge is 2.27. The summed E-state index contributed by atoms with van der Waals surface area (Å²) < 4.78 is 0. The molecule has 0 bridgehead atoms. The fourth-order valence-electron chi connectivity index (χ4n) is 2.23. The Morgan fingerprint density at radius 2 is 2.38 bits per heavy atom. The largest absolute Gasteiger partial charge is 0.357 e. The number of carbonyl (C=O) groups is 1. The van der Waals surface area contributed by atoms with E-state index in [2.05, 4.69) is 10.3 Å². The van der Waals surface area contributed by atoms with Crippen molar-refractivity contribution in [3.05, 3.63) is 24.0 Å². The van der Waals surface area contributed by atoms with Gasteiger partial charge in [-0.1, -0.05) is 6.42 Å². The van der Waals surface area contributed by atoms with Crippen LogP contribution in [0.25, 0.3) is 0 Å². The summed E-state index contributed by atoms with van der Waals surface area (Å²) in [5.74, 6) is 0.425. The van der Waals surface area contributed by atoms with Crippen molar-refractivity contribution in [2.75, 3.05) is 6.54 Å². The predicted molar refractivity (Wildman–Crippen MR) is 65.7 cm³/mol. The Balaban J connectivity index is 0.00000128. The maximum Gasteiger partial charge on any atom is 0.267 e. The number of carbonyl (C=O) groups excluding carboxylic acids is 1. The first-order chi connectivity index (χ1) is 7.31. The molecular weight excluding hydrogens is 226 g/mol. The van der Waals surface area contributed by atoms with Gasteiger partial charge in [-0.15, -0.1) is 12.4 Å². The number of amides is 1. The van der Waals surface area contributed by atoms with E-state index in [0.29, 0.717) is 18.2 Å². The summed E-state index contributed by atoms with van der Waals surface area (Å²) in [6.07, 6.45) is 5.10. The molecule has 0 saturated heterocycles. The van der Waals surface area contributed by atoms with Gasteiger partial charge in [0.05, 0.1) is 0 Å². The first-order valence-electron chi connectivity index (χ1n) is 5.45. The molecule has 2 unspecified atom stereocenters. The quantitative estimate of drug-likeness (QED) is 0.749. The number of hydrogen-bond donors (Lipinski definition) is 3. The molecule has 1 saturated carbocycles. The minimum atomic E-state index is -0.0228. The number of halogens is 1. The molecule has 1 aromatic heterocycles. The van der Waals surface area contributed by atoms with Gasteiger partial charge in [0.2, 0.25) is 0 Å². The van der Waals surface area contributed by atoms with E-state index in [-0.39, 0.29) is 24.4 Å². The molecule has 4 N–H and O–H groups in total. The number of nitrogens with one attached hydrogen (secondary N) is 2. The van der Waals surface area contributed by atoms with Crippen LogP contribution in [-0.4, -0.2) is 23.5 Å². The van der Waals surface area contributed by atoms with Crippen molar-refractivity contribution in [1.82, 2.24) is 10.3 Å². The van der Waals surface area contributed by atoms with Crippen molar-refractivity contribution in [2.24, 2.45) is 11.7 Å². The van der Waals surface area contributed by atoms with Crippen LogP contribution in [0.4, 0.5) is 0 Å². The van der Waals surface area contributed by atoms with Crippen LogP contribution in [0.1, 0.15) is 29.8 Å². The van der Waals surface area contributed by atoms with Crippen molar-refractivity contribution in [1.29, 1.82) is 0 Å². The van der Waals surface area contributed by atoms with Gasteiger partial charge in [-0.2, -0.15) is 0 Å². The van der Waals surface area contributed by atoms with E-state index in [4.69, 9.17) is 5.73 Å². The van der Waals surface area contributed by atoms with E-state index in [1.54, 1.807) is 12.3 Å². The molecule has 1 aromatic rings. The molecule has 0 aliphatic heterocycles. The lowest BCUT2D eigenvalue weighted by atomic mass is 10.0. The maximum absolute atomic E-state index is 11.7. The minimum Gasteiger partial charge on any atom is -0.357 e. The number of hydrogen-bond acceptors (Lipinski definition) is 2. The first kappa shape index (κ1) is 13.1. The van der Waals surface area contributed by atoms with E-state index in [1.807, 2.05) is 6.07 Å². The second kappa shape index (κ2) is 5.92. The van der Waals surface area contributed by atoms with E-state index in [0.717, 1.165) is 19.3 Å². The Hall–Kier alpha value is -1.00. The third-order valence-electron chi connectivity index (χ3n) is 3.12. The third-order valence-corrected chi connectivity index (χ3v) is 3.12. The first-order valence-corrected chi connectivity index (χ1v) is 5.45. The van der Waals surface area contributed by atoms with Crippen LogP contribution in [0.3, 0.4) is 0 Å². The van der Waals surface area contributed by atoms with E-state index < -0.39 is 0 Å². The summed E-state index contributed by atoms with van der Waals surface area (Å²) in [5.41, 5.74) is 6.28. The van der Waals surface area contributed by atoms with Crippen molar-refractivity contribution in [2.45, 2.75) is 25.3 Å². The van der Waals surface area contributed by atoms with Crippen LogP contribution in [0.5, 0.6) is 0 Å². The SMILES string of the molecule is Cl.NCC1CCCC1NC(=O)c1ccc[nH]1. The van der Waals surface area contributed by atoms with E-state index in [1.165, 1.54) is 0 Å². The van der Waals surface area contributed by atoms with Gasteiger partial charge in [-0.3, -0.25) is 4.79 Å². The second-order valence-corrected chi connectivity index (χ2v) is 4.09. The van der Waals surface area contributed by atoms with E-state index >= 15 is 0 Å². The zero-order valence-electron chi connectivity index (χ0n) is 9.11. The monoisotopic (exact) mass is 243 g/mol. The van der Waals surface area contributed by atoms with Gasteiger partial charge < -0.3 is 16.0 Å². The molecule has 1 aliphatic rings. The predicted octanol–water partition coefficient (Wildman–Crippen LogP) is 1.29. The van der Waals surface area contributed by atoms with Gasteiger partial charge >= 0.3 is 0 Å². The summed E-state index contributed by atoms with van der Waals surface area (Å²) >= 11 is 0. The van der Waals surface area contributed by atoms with Gasteiger partial charge in [0.25, 0.3) is 5.91 Å². The second-order valence-electron chi connectivity index (χ2n) is 4.09. The molecule has 0 spiro atoms. The third kappa shape index (κ3) is 2.77. The minimum absolute atomic E-state index is 0. The number of rotatable bonds is 3. The summed E-state index contributed by atoms with van der Waals surface area (Å²) in [7, 11) is 0. The van der Waals surface area contributed by atoms with Gasteiger partial charge in [0.15, 0.2) is 0 Å². The van der Waals surface area contributed by atoms with Crippen molar-refractivity contribution < 1.29 is 4.79 Å². The van der Waals surface area contributed by atoms with Crippen LogP contribution in [0.15, 0.2) is 18.3 Å². The van der Waals surface area contributed by atoms with Crippen molar-refractivity contribution in [3.63, 3.8) is 0 Å². The lowest BCUT2D eigenvalue weighted by Crippen LogP contribution is -2.39. The molecular formula is C11H18ClN3O. The zero-order valence-corrected chi connectivity index (χ0v) is 9.93. The molecule has 4 nitrogen and oxygen atoms in total. The van der Waals surface area contributed by atoms with Crippen LogP contribution < -0.4 is 11.1 Å². The highest BCUT2D eigenvalue weighted by Crippen LogP contribution is 2.24. The topological polar surface area (TPSA) is 70.9 Å². The summed E-state index contributed by atoms with van der Waals surface area (Å²) in [5, 5.41) is 3.03. The maximum atomic E-state index is 11.7. The Kier molecular flexibility index (Phi) is 4.83. The average molecular weight is 244 g/mol. The van der Waals surface area contributed by atoms with E-state index in [9.17, 15) is 4.79 Å². The molecule has 2 rings (SSSR count). The van der Waals surface area contributed by atoms with Gasteiger partial charge in [-0.25, -0.2) is 0 Å². The van der Waals surface area contributed by atoms with Gasteiger partial charge in [0, 0.05) is 12.2 Å². The number of aromatic nitrogens is 1. The van der Waals surface area contributed by atoms with Crippen LogP contribution in [0.2, 0.25) is 0 Å². The standard InChI is InChI=1S/C11H17N3O.ClH/c12-7-8-3-1-4-9(8)14-11(15)10-5-2-6-13-10;/h2,5-6,8-9,13H,1,3-4,7,12H2,(H,14,15);1H. The highest BCUT2D eigenvalue weighted by atomic mass is 35.5. The highest BCUT2D eigenvalue weighted by molar-refractivity contribution is 5.92. The molecule has 1 heterocycles. The van der Waals surface area contributed by atoms with Crippen molar-refractivity contribution in [3.8, 4) is 0 Å². The Morgan fingerprint density at radius 1 is 1.56 bits per heavy atom. The van der Waals surface area contributed by atoms with Gasteiger partial charge in [-0.05, 0) is 37.4 Å². The van der Waals surface area contributed by atoms with Crippen molar-refractivity contribution >= 4 is 18.3 Å². The fourth-order valence-corrected chi connectivity index (χ4v) is 2.23. The lowest BCUT2D eigenvalue weighted by Gasteiger charge is -2.18. The Labute approximate surface area is 101 Å². The molecule has 0 aromatic carbocycles. The Bertz CT molecular complexity index is 326. The summed E-state index contributed by atoms with van der Waals surface area (Å²) in [6, 6.07) is 3.86. The molecule has 1 amide bonds. The number of aromatic amines is 1. The lowest BCUT2D eigenvalue weighted by molar-refractivity contribution is 0.0924. The van der Waals surface area contributed by atoms with Gasteiger partial charge in [0.1, 0.15) is 5.69 Å². The molecule has 1 aliphatic carbocycles. The summed E-state index contributed by atoms with van der Waals surface area (Å²) in [6.45, 7) is 0.662. The zero-order chi connectivity index (χ0) is 10.7. The molecule has 16 heavy (non-hydrogen) atoms. The van der Waals surface area contributed by atoms with Crippen LogP contribution in [0, 0.1) is 5.92 Å². The molecule has 2 atom stereocenters. The smallest absolute Gasteiger partial charge is 0.267 e. The fraction of sp³-hybridized carbons (Fsp3) is 0.545. The number of H-pyrrole nitrogens is 1. The van der Waals surface area contributed by atoms with Crippen LogP contribution >= 0.6 is 12.4 Å². The molecule has 1 fully saturated rings. The molecule has 5 heteroatoms. The van der Waals surface area contributed by atoms with Crippen LogP contribution in [-0.2, 0) is 0 Å². The molecule has 0 radical (unpaired) electrons.